The summed E-state index contributed by atoms with van der Waals surface area (Å²) in [4.78, 5) is 16.8. The molecule has 1 aliphatic rings. The second kappa shape index (κ2) is 5.84. The normalized spacial score (nSPS) is 14.3. The highest BCUT2D eigenvalue weighted by Crippen LogP contribution is 2.23. The van der Waals surface area contributed by atoms with Crippen molar-refractivity contribution in [2.75, 3.05) is 24.2 Å². The first-order valence-electron chi connectivity index (χ1n) is 7.95. The van der Waals surface area contributed by atoms with Crippen molar-refractivity contribution >= 4 is 28.7 Å². The van der Waals surface area contributed by atoms with E-state index in [2.05, 4.69) is 38.2 Å². The van der Waals surface area contributed by atoms with Crippen LogP contribution in [-0.2, 0) is 6.42 Å². The van der Waals surface area contributed by atoms with Crippen LogP contribution in [0.1, 0.15) is 22.5 Å². The molecule has 4 bridgehead atoms. The fraction of sp³-hybridized carbons (Fsp3) is 0.235. The molecule has 0 saturated carbocycles. The lowest BCUT2D eigenvalue weighted by Gasteiger charge is -2.10. The summed E-state index contributed by atoms with van der Waals surface area (Å²) >= 11 is 0. The lowest BCUT2D eigenvalue weighted by atomic mass is 10.1. The number of nitrogens with zero attached hydrogens (tertiary/aromatic N) is 3. The lowest BCUT2D eigenvalue weighted by Crippen LogP contribution is -2.26. The number of benzene rings is 1. The fourth-order valence-corrected chi connectivity index (χ4v) is 2.91. The van der Waals surface area contributed by atoms with Crippen LogP contribution in [0.2, 0.25) is 0 Å². The van der Waals surface area contributed by atoms with Gasteiger partial charge in [0.25, 0.3) is 5.91 Å². The summed E-state index contributed by atoms with van der Waals surface area (Å²) in [6.45, 7) is 0.613. The van der Waals surface area contributed by atoms with Gasteiger partial charge in [-0.2, -0.15) is 0 Å². The summed E-state index contributed by atoms with van der Waals surface area (Å²) in [5, 5.41) is 13.9. The quantitative estimate of drug-likeness (QED) is 0.640. The zero-order valence-corrected chi connectivity index (χ0v) is 13.3. The van der Waals surface area contributed by atoms with Crippen molar-refractivity contribution in [2.24, 2.45) is 0 Å². The first kappa shape index (κ1) is 14.5. The van der Waals surface area contributed by atoms with Gasteiger partial charge in [0.2, 0.25) is 0 Å². The van der Waals surface area contributed by atoms with Crippen LogP contribution in [0.5, 0.6) is 0 Å². The van der Waals surface area contributed by atoms with Gasteiger partial charge in [-0.15, -0.1) is 5.10 Å². The van der Waals surface area contributed by atoms with Gasteiger partial charge >= 0.3 is 0 Å². The van der Waals surface area contributed by atoms with Crippen LogP contribution in [0, 0.1) is 0 Å². The molecule has 3 N–H and O–H groups in total. The number of anilines is 3. The van der Waals surface area contributed by atoms with E-state index in [4.69, 9.17) is 0 Å². The molecular weight excluding hydrogens is 304 g/mol. The van der Waals surface area contributed by atoms with Gasteiger partial charge in [0.1, 0.15) is 0 Å². The van der Waals surface area contributed by atoms with Crippen molar-refractivity contribution in [3.8, 4) is 0 Å². The molecule has 0 radical (unpaired) electrons. The van der Waals surface area contributed by atoms with E-state index in [1.165, 1.54) is 5.56 Å². The predicted molar refractivity (Wildman–Crippen MR) is 92.9 cm³/mol. The van der Waals surface area contributed by atoms with E-state index in [-0.39, 0.29) is 5.91 Å². The molecule has 1 amide bonds. The molecule has 0 aliphatic carbocycles. The number of rotatable bonds is 1. The second-order valence-electron chi connectivity index (χ2n) is 5.76. The third-order valence-corrected chi connectivity index (χ3v) is 4.10. The van der Waals surface area contributed by atoms with E-state index in [9.17, 15) is 4.79 Å². The molecule has 0 atom stereocenters. The minimum absolute atomic E-state index is 0.167. The summed E-state index contributed by atoms with van der Waals surface area (Å²) in [5.74, 6) is 0.482. The Balaban J connectivity index is 1.88. The van der Waals surface area contributed by atoms with Crippen LogP contribution in [0.15, 0.2) is 36.5 Å². The topological polar surface area (TPSA) is 83.3 Å². The first-order valence-corrected chi connectivity index (χ1v) is 7.95. The number of hydrogen-bond acceptors (Lipinski definition) is 5. The summed E-state index contributed by atoms with van der Waals surface area (Å²) in [6, 6.07) is 10.1. The number of fused-ring (bicyclic) bond motifs is 3. The third-order valence-electron chi connectivity index (χ3n) is 4.10. The molecule has 122 valence electrons. The monoisotopic (exact) mass is 322 g/mol. The Morgan fingerprint density at radius 3 is 3.08 bits per heavy atom. The van der Waals surface area contributed by atoms with Crippen molar-refractivity contribution in [3.05, 3.63) is 47.8 Å². The van der Waals surface area contributed by atoms with Crippen molar-refractivity contribution in [1.82, 2.24) is 19.9 Å². The largest absolute Gasteiger partial charge is 0.385 e. The smallest absolute Gasteiger partial charge is 0.271 e. The number of carbonyl (C=O) groups is 1. The Morgan fingerprint density at radius 2 is 2.21 bits per heavy atom. The molecule has 24 heavy (non-hydrogen) atoms. The van der Waals surface area contributed by atoms with Gasteiger partial charge in [-0.3, -0.25) is 4.79 Å². The number of imidazole rings is 1. The number of hydrogen-bond donors (Lipinski definition) is 3. The van der Waals surface area contributed by atoms with Crippen molar-refractivity contribution in [1.29, 1.82) is 0 Å². The molecule has 1 aliphatic heterocycles. The van der Waals surface area contributed by atoms with Crippen LogP contribution in [0.25, 0.3) is 5.65 Å². The number of nitrogens with one attached hydrogen (secondary N) is 3. The summed E-state index contributed by atoms with van der Waals surface area (Å²) in [6.07, 6.45) is 3.34. The summed E-state index contributed by atoms with van der Waals surface area (Å²) in [5.41, 5.74) is 4.05. The Kier molecular flexibility index (Phi) is 3.53. The van der Waals surface area contributed by atoms with E-state index in [1.54, 1.807) is 10.7 Å². The molecular formula is C17H18N6O. The molecule has 0 fully saturated rings. The van der Waals surface area contributed by atoms with Crippen LogP contribution in [0.4, 0.5) is 17.2 Å². The van der Waals surface area contributed by atoms with Crippen molar-refractivity contribution in [2.45, 2.75) is 12.8 Å². The number of aryl methyl sites for hydroxylation is 1. The second-order valence-corrected chi connectivity index (χ2v) is 5.76. The number of amides is 1. The number of aromatic nitrogens is 3. The maximum Gasteiger partial charge on any atom is 0.271 e. The standard InChI is InChI=1S/C17H18N6O/c1-18-13-9-15-21-12-6-2-4-11(8-12)5-3-7-19-17(24)14-10-20-16(13)23(14)22-15/h2,4,6,8-10,18H,3,5,7H2,1H3,(H,19,24)(H,21,22). The van der Waals surface area contributed by atoms with Crippen LogP contribution in [0.3, 0.4) is 0 Å². The van der Waals surface area contributed by atoms with Crippen molar-refractivity contribution in [3.63, 3.8) is 0 Å². The van der Waals surface area contributed by atoms with Gasteiger partial charge in [0.05, 0.1) is 11.9 Å². The van der Waals surface area contributed by atoms with Gasteiger partial charge < -0.3 is 16.0 Å². The lowest BCUT2D eigenvalue weighted by molar-refractivity contribution is 0.0946. The van der Waals surface area contributed by atoms with Gasteiger partial charge in [0.15, 0.2) is 17.2 Å². The van der Waals surface area contributed by atoms with Crippen LogP contribution in [-0.4, -0.2) is 34.1 Å². The van der Waals surface area contributed by atoms with Gasteiger partial charge in [-0.1, -0.05) is 12.1 Å². The molecule has 0 saturated heterocycles. The van der Waals surface area contributed by atoms with E-state index >= 15 is 0 Å². The Bertz CT molecular complexity index is 917. The molecule has 3 aromatic rings. The molecule has 4 rings (SSSR count). The Labute approximate surface area is 139 Å². The highest BCUT2D eigenvalue weighted by molar-refractivity contribution is 5.94. The van der Waals surface area contributed by atoms with Gasteiger partial charge in [-0.05, 0) is 30.5 Å². The first-order chi connectivity index (χ1) is 11.7. The van der Waals surface area contributed by atoms with Gasteiger partial charge in [-0.25, -0.2) is 9.50 Å². The zero-order valence-electron chi connectivity index (χ0n) is 13.3. The Morgan fingerprint density at radius 1 is 1.29 bits per heavy atom. The molecule has 3 heterocycles. The zero-order chi connectivity index (χ0) is 16.5. The van der Waals surface area contributed by atoms with Crippen molar-refractivity contribution < 1.29 is 4.79 Å². The van der Waals surface area contributed by atoms with E-state index in [1.807, 2.05) is 25.2 Å². The highest BCUT2D eigenvalue weighted by atomic mass is 16.2. The molecule has 7 heteroatoms. The van der Waals surface area contributed by atoms with Crippen LogP contribution >= 0.6 is 0 Å². The minimum Gasteiger partial charge on any atom is -0.385 e. The fourth-order valence-electron chi connectivity index (χ4n) is 2.91. The highest BCUT2D eigenvalue weighted by Gasteiger charge is 2.16. The maximum absolute atomic E-state index is 12.4. The maximum atomic E-state index is 12.4. The van der Waals surface area contributed by atoms with E-state index in [0.29, 0.717) is 23.7 Å². The Hall–Kier alpha value is -3.09. The predicted octanol–water partition coefficient (Wildman–Crippen LogP) is 2.19. The molecule has 0 spiro atoms. The SMILES string of the molecule is CNc1cc2nn3c(cnc13)C(=O)NCCCc1cccc(c1)N2. The minimum atomic E-state index is -0.167. The molecule has 2 aromatic heterocycles. The van der Waals surface area contributed by atoms with E-state index < -0.39 is 0 Å². The summed E-state index contributed by atoms with van der Waals surface area (Å²) < 4.78 is 1.57. The third kappa shape index (κ3) is 2.54. The summed E-state index contributed by atoms with van der Waals surface area (Å²) in [7, 11) is 1.82. The van der Waals surface area contributed by atoms with Crippen LogP contribution < -0.4 is 16.0 Å². The number of carbonyl (C=O) groups excluding carboxylic acids is 1. The average Bonchev–Trinajstić information content (AvgIpc) is 3.01. The van der Waals surface area contributed by atoms with E-state index in [0.717, 1.165) is 24.2 Å². The average molecular weight is 322 g/mol. The van der Waals surface area contributed by atoms with Gasteiger partial charge in [0, 0.05) is 25.3 Å². The molecule has 7 nitrogen and oxygen atoms in total. The molecule has 0 unspecified atom stereocenters. The molecule has 1 aromatic carbocycles.